The van der Waals surface area contributed by atoms with Gasteiger partial charge in [-0.15, -0.1) is 0 Å². The van der Waals surface area contributed by atoms with Crippen molar-refractivity contribution in [1.82, 2.24) is 9.97 Å². The third kappa shape index (κ3) is 4.86. The number of anilines is 2. The number of nitrogens with two attached hydrogens (primary N) is 1. The maximum absolute atomic E-state index is 12.7. The maximum Gasteiger partial charge on any atom is 0.341 e. The molecule has 2 rings (SSSR count). The first-order chi connectivity index (χ1) is 11.7. The van der Waals surface area contributed by atoms with Gasteiger partial charge < -0.3 is 11.1 Å². The van der Waals surface area contributed by atoms with E-state index in [4.69, 9.17) is 5.73 Å². The highest BCUT2D eigenvalue weighted by molar-refractivity contribution is 7.99. The van der Waals surface area contributed by atoms with Gasteiger partial charge in [-0.3, -0.25) is 4.79 Å². The van der Waals surface area contributed by atoms with E-state index in [9.17, 15) is 22.0 Å². The van der Waals surface area contributed by atoms with Crippen LogP contribution < -0.4 is 11.1 Å². The number of nitrogen functional groups attached to an aromatic ring is 1. The zero-order valence-corrected chi connectivity index (χ0v) is 14.6. The van der Waals surface area contributed by atoms with Crippen molar-refractivity contribution in [2.24, 2.45) is 0 Å². The van der Waals surface area contributed by atoms with Gasteiger partial charge in [0.25, 0.3) is 0 Å². The second-order valence-electron chi connectivity index (χ2n) is 4.86. The van der Waals surface area contributed by atoms with E-state index in [0.717, 1.165) is 17.8 Å². The molecule has 25 heavy (non-hydrogen) atoms. The molecule has 0 aliphatic rings. The van der Waals surface area contributed by atoms with Crippen LogP contribution in [0.5, 0.6) is 0 Å². The highest BCUT2D eigenvalue weighted by Gasteiger charge is 2.29. The number of nitrogens with one attached hydrogen (secondary N) is 1. The predicted octanol–water partition coefficient (Wildman–Crippen LogP) is 2.09. The van der Waals surface area contributed by atoms with E-state index < -0.39 is 26.4 Å². The SMILES string of the molecule is Cc1cc(N)nc(SCC(=O)Nc2ccccc2S(=O)(=O)C(F)F)n1. The number of aromatic nitrogens is 2. The summed E-state index contributed by atoms with van der Waals surface area (Å²) in [5.74, 6) is -4.07. The first-order valence-electron chi connectivity index (χ1n) is 6.85. The van der Waals surface area contributed by atoms with Gasteiger partial charge >= 0.3 is 5.76 Å². The van der Waals surface area contributed by atoms with Crippen LogP contribution in [0, 0.1) is 6.92 Å². The second-order valence-corrected chi connectivity index (χ2v) is 7.68. The number of thioether (sulfide) groups is 1. The molecule has 0 fully saturated rings. The van der Waals surface area contributed by atoms with Gasteiger partial charge in [0.2, 0.25) is 15.7 Å². The van der Waals surface area contributed by atoms with Crippen LogP contribution in [-0.2, 0) is 14.6 Å². The van der Waals surface area contributed by atoms with Crippen molar-refractivity contribution >= 4 is 39.0 Å². The zero-order valence-electron chi connectivity index (χ0n) is 12.9. The number of aryl methyl sites for hydroxylation is 1. The predicted molar refractivity (Wildman–Crippen MR) is 90.2 cm³/mol. The quantitative estimate of drug-likeness (QED) is 0.575. The number of amides is 1. The fraction of sp³-hybridized carbons (Fsp3) is 0.214. The molecule has 134 valence electrons. The average Bonchev–Trinajstić information content (AvgIpc) is 2.52. The Balaban J connectivity index is 2.11. The number of halogens is 2. The number of carbonyl (C=O) groups excluding carboxylic acids is 1. The van der Waals surface area contributed by atoms with Crippen LogP contribution in [0.15, 0.2) is 40.4 Å². The number of para-hydroxylation sites is 1. The largest absolute Gasteiger partial charge is 0.384 e. The van der Waals surface area contributed by atoms with Gasteiger partial charge in [0.1, 0.15) is 5.82 Å². The number of rotatable bonds is 6. The molecule has 0 unspecified atom stereocenters. The van der Waals surface area contributed by atoms with Crippen LogP contribution in [0.3, 0.4) is 0 Å². The van der Waals surface area contributed by atoms with Crippen LogP contribution >= 0.6 is 11.8 Å². The molecule has 0 bridgehead atoms. The Labute approximate surface area is 147 Å². The van der Waals surface area contributed by atoms with Crippen molar-refractivity contribution in [3.63, 3.8) is 0 Å². The van der Waals surface area contributed by atoms with Crippen molar-refractivity contribution in [2.45, 2.75) is 22.7 Å². The van der Waals surface area contributed by atoms with Crippen molar-refractivity contribution in [3.05, 3.63) is 36.0 Å². The third-order valence-corrected chi connectivity index (χ3v) is 5.17. The van der Waals surface area contributed by atoms with Crippen LogP contribution in [0.2, 0.25) is 0 Å². The van der Waals surface area contributed by atoms with Gasteiger partial charge in [0, 0.05) is 11.8 Å². The molecule has 1 aromatic carbocycles. The molecule has 3 N–H and O–H groups in total. The second kappa shape index (κ2) is 7.74. The molecular formula is C14H14F2N4O3S2. The fourth-order valence-corrected chi connectivity index (χ4v) is 3.46. The monoisotopic (exact) mass is 388 g/mol. The molecule has 0 atom stereocenters. The number of hydrogen-bond donors (Lipinski definition) is 2. The topological polar surface area (TPSA) is 115 Å². The summed E-state index contributed by atoms with van der Waals surface area (Å²) in [6.07, 6.45) is 0. The van der Waals surface area contributed by atoms with Crippen molar-refractivity contribution in [2.75, 3.05) is 16.8 Å². The van der Waals surface area contributed by atoms with Gasteiger partial charge in [-0.1, -0.05) is 23.9 Å². The summed E-state index contributed by atoms with van der Waals surface area (Å²) >= 11 is 0.984. The van der Waals surface area contributed by atoms with E-state index in [2.05, 4.69) is 15.3 Å². The molecule has 0 saturated carbocycles. The summed E-state index contributed by atoms with van der Waals surface area (Å²) in [7, 11) is -4.83. The normalized spacial score (nSPS) is 11.5. The molecule has 7 nitrogen and oxygen atoms in total. The molecule has 0 aliphatic heterocycles. The minimum atomic E-state index is -4.83. The van der Waals surface area contributed by atoms with Crippen molar-refractivity contribution in [3.8, 4) is 0 Å². The number of benzene rings is 1. The third-order valence-electron chi connectivity index (χ3n) is 2.89. The first-order valence-corrected chi connectivity index (χ1v) is 9.38. The van der Waals surface area contributed by atoms with Crippen molar-refractivity contribution in [1.29, 1.82) is 0 Å². The van der Waals surface area contributed by atoms with Gasteiger partial charge in [-0.25, -0.2) is 18.4 Å². The number of carbonyl (C=O) groups is 1. The molecular weight excluding hydrogens is 374 g/mol. The molecule has 0 saturated heterocycles. The molecule has 2 aromatic rings. The number of sulfone groups is 1. The lowest BCUT2D eigenvalue weighted by Crippen LogP contribution is -2.19. The number of nitrogens with zero attached hydrogens (tertiary/aromatic N) is 2. The van der Waals surface area contributed by atoms with Crippen LogP contribution in [0.1, 0.15) is 5.69 Å². The van der Waals surface area contributed by atoms with Crippen LogP contribution in [0.4, 0.5) is 20.3 Å². The summed E-state index contributed by atoms with van der Waals surface area (Å²) in [5.41, 5.74) is 6.00. The fourth-order valence-electron chi connectivity index (χ4n) is 1.86. The van der Waals surface area contributed by atoms with Crippen LogP contribution in [0.25, 0.3) is 0 Å². The number of alkyl halides is 2. The summed E-state index contributed by atoms with van der Waals surface area (Å²) in [6, 6.07) is 6.53. The lowest BCUT2D eigenvalue weighted by molar-refractivity contribution is -0.113. The Bertz CT molecular complexity index is 871. The summed E-state index contributed by atoms with van der Waals surface area (Å²) in [4.78, 5) is 19.4. The Morgan fingerprint density at radius 2 is 2.00 bits per heavy atom. The Hall–Kier alpha value is -2.27. The highest BCUT2D eigenvalue weighted by Crippen LogP contribution is 2.26. The van der Waals surface area contributed by atoms with E-state index in [1.54, 1.807) is 13.0 Å². The Kier molecular flexibility index (Phi) is 5.90. The minimum absolute atomic E-state index is 0.147. The van der Waals surface area contributed by atoms with Gasteiger partial charge in [0.15, 0.2) is 5.16 Å². The Morgan fingerprint density at radius 3 is 2.64 bits per heavy atom. The lowest BCUT2D eigenvalue weighted by Gasteiger charge is -2.11. The molecule has 11 heteroatoms. The van der Waals surface area contributed by atoms with E-state index in [1.165, 1.54) is 18.2 Å². The molecule has 1 heterocycles. The summed E-state index contributed by atoms with van der Waals surface area (Å²) in [6.45, 7) is 1.72. The van der Waals surface area contributed by atoms with E-state index in [1.807, 2.05) is 0 Å². The highest BCUT2D eigenvalue weighted by atomic mass is 32.2. The first kappa shape index (κ1) is 19.1. The Morgan fingerprint density at radius 1 is 1.32 bits per heavy atom. The summed E-state index contributed by atoms with van der Waals surface area (Å²) in [5, 5.41) is 2.59. The molecule has 0 aliphatic carbocycles. The summed E-state index contributed by atoms with van der Waals surface area (Å²) < 4.78 is 48.8. The average molecular weight is 388 g/mol. The minimum Gasteiger partial charge on any atom is -0.384 e. The smallest absolute Gasteiger partial charge is 0.341 e. The molecule has 0 radical (unpaired) electrons. The number of hydrogen-bond acceptors (Lipinski definition) is 7. The molecule has 1 amide bonds. The molecule has 1 aromatic heterocycles. The molecule has 0 spiro atoms. The lowest BCUT2D eigenvalue weighted by atomic mass is 10.3. The zero-order chi connectivity index (χ0) is 18.6. The van der Waals surface area contributed by atoms with Gasteiger partial charge in [-0.05, 0) is 19.1 Å². The standard InChI is InChI=1S/C14H14F2N4O3S2/c1-8-6-11(17)20-14(18-8)24-7-12(21)19-9-4-2-3-5-10(9)25(22,23)13(15)16/h2-6,13H,7H2,1H3,(H,19,21)(H2,17,18,20). The van der Waals surface area contributed by atoms with Gasteiger partial charge in [-0.2, -0.15) is 8.78 Å². The van der Waals surface area contributed by atoms with Crippen molar-refractivity contribution < 1.29 is 22.0 Å². The van der Waals surface area contributed by atoms with E-state index in [-0.39, 0.29) is 22.4 Å². The van der Waals surface area contributed by atoms with Crippen LogP contribution in [-0.4, -0.2) is 35.8 Å². The maximum atomic E-state index is 12.7. The van der Waals surface area contributed by atoms with Gasteiger partial charge in [0.05, 0.1) is 16.3 Å². The van der Waals surface area contributed by atoms with E-state index >= 15 is 0 Å². The van der Waals surface area contributed by atoms with E-state index in [0.29, 0.717) is 5.69 Å².